The zero-order valence-corrected chi connectivity index (χ0v) is 10.8. The Hall–Kier alpha value is -1.42. The third kappa shape index (κ3) is 2.64. The molecule has 17 heavy (non-hydrogen) atoms. The minimum absolute atomic E-state index is 0.481. The van der Waals surface area contributed by atoms with Crippen molar-refractivity contribution in [2.24, 2.45) is 0 Å². The Morgan fingerprint density at radius 2 is 2.12 bits per heavy atom. The van der Waals surface area contributed by atoms with Gasteiger partial charge in [-0.1, -0.05) is 25.4 Å². The molecule has 2 aromatic heterocycles. The fourth-order valence-electron chi connectivity index (χ4n) is 1.71. The summed E-state index contributed by atoms with van der Waals surface area (Å²) in [6.45, 7) is 4.16. The van der Waals surface area contributed by atoms with E-state index in [0.717, 1.165) is 36.7 Å². The lowest BCUT2D eigenvalue weighted by molar-refractivity contribution is 0.799. The molecule has 0 amide bonds. The van der Waals surface area contributed by atoms with Gasteiger partial charge in [0.15, 0.2) is 0 Å². The summed E-state index contributed by atoms with van der Waals surface area (Å²) < 4.78 is 1.95. The van der Waals surface area contributed by atoms with Crippen LogP contribution < -0.4 is 0 Å². The summed E-state index contributed by atoms with van der Waals surface area (Å²) in [4.78, 5) is 13.0. The van der Waals surface area contributed by atoms with Crippen LogP contribution in [0.5, 0.6) is 0 Å². The Bertz CT molecular complexity index is 507. The fourth-order valence-corrected chi connectivity index (χ4v) is 1.91. The largest absolute Gasteiger partial charge is 0.288 e. The Morgan fingerprint density at radius 3 is 2.82 bits per heavy atom. The highest BCUT2D eigenvalue weighted by atomic mass is 35.5. The molecule has 5 heteroatoms. The summed E-state index contributed by atoms with van der Waals surface area (Å²) in [5.41, 5.74) is 0. The van der Waals surface area contributed by atoms with Gasteiger partial charge in [-0.3, -0.25) is 4.57 Å². The maximum absolute atomic E-state index is 6.01. The molecule has 2 rings (SSSR count). The summed E-state index contributed by atoms with van der Waals surface area (Å²) in [6, 6.07) is 1.77. The van der Waals surface area contributed by atoms with E-state index in [1.807, 2.05) is 10.8 Å². The highest BCUT2D eigenvalue weighted by Crippen LogP contribution is 2.14. The summed E-state index contributed by atoms with van der Waals surface area (Å²) in [7, 11) is 0. The molecule has 0 fully saturated rings. The van der Waals surface area contributed by atoms with Gasteiger partial charge in [-0.15, -0.1) is 0 Å². The first-order valence-corrected chi connectivity index (χ1v) is 6.18. The molecule has 0 aliphatic heterocycles. The monoisotopic (exact) mass is 250 g/mol. The first-order chi connectivity index (χ1) is 8.24. The third-order valence-electron chi connectivity index (χ3n) is 2.48. The van der Waals surface area contributed by atoms with Crippen molar-refractivity contribution in [2.45, 2.75) is 33.1 Å². The van der Waals surface area contributed by atoms with Crippen LogP contribution in [0.3, 0.4) is 0 Å². The molecule has 0 bridgehead atoms. The molecule has 2 heterocycles. The minimum Gasteiger partial charge on any atom is -0.288 e. The highest BCUT2D eigenvalue weighted by Gasteiger charge is 2.07. The lowest BCUT2D eigenvalue weighted by Crippen LogP contribution is -2.05. The van der Waals surface area contributed by atoms with Crippen molar-refractivity contribution in [3.05, 3.63) is 35.3 Å². The van der Waals surface area contributed by atoms with Gasteiger partial charge < -0.3 is 0 Å². The molecule has 0 radical (unpaired) electrons. The van der Waals surface area contributed by atoms with Crippen molar-refractivity contribution < 1.29 is 0 Å². The Balaban J connectivity index is 2.44. The molecule has 2 aromatic rings. The van der Waals surface area contributed by atoms with E-state index in [0.29, 0.717) is 5.15 Å². The van der Waals surface area contributed by atoms with Crippen LogP contribution in [0.1, 0.15) is 31.9 Å². The first-order valence-electron chi connectivity index (χ1n) is 5.80. The molecular weight excluding hydrogens is 236 g/mol. The second kappa shape index (κ2) is 5.27. The number of hydrogen-bond donors (Lipinski definition) is 0. The topological polar surface area (TPSA) is 43.6 Å². The standard InChI is InChI=1S/C12H15ClN4/c1-3-5-10-15-9(13)8-12(16-10)17-7-6-14-11(17)4-2/h6-8H,3-5H2,1-2H3. The number of nitrogens with zero attached hydrogens (tertiary/aromatic N) is 4. The first kappa shape index (κ1) is 12.0. The predicted octanol–water partition coefficient (Wildman–Crippen LogP) is 2.83. The van der Waals surface area contributed by atoms with E-state index in [4.69, 9.17) is 11.6 Å². The van der Waals surface area contributed by atoms with Crippen molar-refractivity contribution in [3.63, 3.8) is 0 Å². The van der Waals surface area contributed by atoms with E-state index in [1.165, 1.54) is 0 Å². The smallest absolute Gasteiger partial charge is 0.143 e. The zero-order valence-electron chi connectivity index (χ0n) is 10.0. The number of aromatic nitrogens is 4. The summed E-state index contributed by atoms with van der Waals surface area (Å²) >= 11 is 6.01. The lowest BCUT2D eigenvalue weighted by Gasteiger charge is -2.07. The molecule has 0 saturated heterocycles. The highest BCUT2D eigenvalue weighted by molar-refractivity contribution is 6.29. The fraction of sp³-hybridized carbons (Fsp3) is 0.417. The van der Waals surface area contributed by atoms with Gasteiger partial charge in [-0.05, 0) is 6.42 Å². The zero-order chi connectivity index (χ0) is 12.3. The minimum atomic E-state index is 0.481. The second-order valence-corrected chi connectivity index (χ2v) is 4.17. The van der Waals surface area contributed by atoms with Gasteiger partial charge in [-0.2, -0.15) is 0 Å². The molecule has 0 unspecified atom stereocenters. The van der Waals surface area contributed by atoms with Crippen LogP contribution in [-0.4, -0.2) is 19.5 Å². The van der Waals surface area contributed by atoms with E-state index in [-0.39, 0.29) is 0 Å². The lowest BCUT2D eigenvalue weighted by atomic mass is 10.3. The maximum Gasteiger partial charge on any atom is 0.143 e. The maximum atomic E-state index is 6.01. The van der Waals surface area contributed by atoms with Crippen LogP contribution in [0.4, 0.5) is 0 Å². The van der Waals surface area contributed by atoms with Crippen molar-refractivity contribution >= 4 is 11.6 Å². The van der Waals surface area contributed by atoms with Crippen LogP contribution in [0, 0.1) is 0 Å². The number of hydrogen-bond acceptors (Lipinski definition) is 3. The Morgan fingerprint density at radius 1 is 1.29 bits per heavy atom. The van der Waals surface area contributed by atoms with Gasteiger partial charge in [0.2, 0.25) is 0 Å². The molecule has 90 valence electrons. The molecule has 0 N–H and O–H groups in total. The van der Waals surface area contributed by atoms with E-state index < -0.39 is 0 Å². The van der Waals surface area contributed by atoms with E-state index in [9.17, 15) is 0 Å². The predicted molar refractivity (Wildman–Crippen MR) is 67.5 cm³/mol. The average molecular weight is 251 g/mol. The van der Waals surface area contributed by atoms with Gasteiger partial charge in [0, 0.05) is 31.3 Å². The molecule has 0 saturated carbocycles. The van der Waals surface area contributed by atoms with Crippen LogP contribution in [-0.2, 0) is 12.8 Å². The van der Waals surface area contributed by atoms with Gasteiger partial charge in [0.1, 0.15) is 22.6 Å². The van der Waals surface area contributed by atoms with Crippen molar-refractivity contribution in [1.82, 2.24) is 19.5 Å². The van der Waals surface area contributed by atoms with Crippen LogP contribution in [0.15, 0.2) is 18.5 Å². The molecule has 0 atom stereocenters. The quantitative estimate of drug-likeness (QED) is 0.784. The van der Waals surface area contributed by atoms with Gasteiger partial charge >= 0.3 is 0 Å². The van der Waals surface area contributed by atoms with Crippen molar-refractivity contribution in [2.75, 3.05) is 0 Å². The summed E-state index contributed by atoms with van der Waals surface area (Å²) in [6.07, 6.45) is 6.37. The number of halogens is 1. The van der Waals surface area contributed by atoms with Crippen molar-refractivity contribution in [1.29, 1.82) is 0 Å². The normalized spacial score (nSPS) is 10.8. The van der Waals surface area contributed by atoms with E-state index in [2.05, 4.69) is 28.8 Å². The van der Waals surface area contributed by atoms with Crippen LogP contribution in [0.25, 0.3) is 5.82 Å². The number of aryl methyl sites for hydroxylation is 2. The SMILES string of the molecule is CCCc1nc(Cl)cc(-n2ccnc2CC)n1. The van der Waals surface area contributed by atoms with Crippen LogP contribution >= 0.6 is 11.6 Å². The Labute approximate surface area is 106 Å². The van der Waals surface area contributed by atoms with Crippen molar-refractivity contribution in [3.8, 4) is 5.82 Å². The molecule has 0 aliphatic carbocycles. The van der Waals surface area contributed by atoms with Gasteiger partial charge in [0.05, 0.1) is 0 Å². The van der Waals surface area contributed by atoms with E-state index in [1.54, 1.807) is 12.3 Å². The summed E-state index contributed by atoms with van der Waals surface area (Å²) in [5, 5.41) is 0.481. The number of rotatable bonds is 4. The van der Waals surface area contributed by atoms with Gasteiger partial charge in [0.25, 0.3) is 0 Å². The number of imidazole rings is 1. The average Bonchev–Trinajstić information content (AvgIpc) is 2.76. The third-order valence-corrected chi connectivity index (χ3v) is 2.68. The molecule has 0 spiro atoms. The molecule has 4 nitrogen and oxygen atoms in total. The van der Waals surface area contributed by atoms with Crippen LogP contribution in [0.2, 0.25) is 5.15 Å². The molecular formula is C12H15ClN4. The Kier molecular flexibility index (Phi) is 3.74. The molecule has 0 aliphatic rings. The van der Waals surface area contributed by atoms with E-state index >= 15 is 0 Å². The second-order valence-electron chi connectivity index (χ2n) is 3.78. The summed E-state index contributed by atoms with van der Waals surface area (Å²) in [5.74, 6) is 2.55. The molecule has 0 aromatic carbocycles. The van der Waals surface area contributed by atoms with Gasteiger partial charge in [-0.25, -0.2) is 15.0 Å².